The summed E-state index contributed by atoms with van der Waals surface area (Å²) in [7, 11) is 1.63. The lowest BCUT2D eigenvalue weighted by Gasteiger charge is -2.40. The number of para-hydroxylation sites is 1. The third-order valence-corrected chi connectivity index (χ3v) is 4.41. The minimum Gasteiger partial charge on any atom is -0.478 e. The van der Waals surface area contributed by atoms with Gasteiger partial charge in [-0.3, -0.25) is 0 Å². The Balaban J connectivity index is 2.01. The molecule has 6 nitrogen and oxygen atoms in total. The standard InChI is InChI=1S/C14H17BrN2O4/c1-21-14(6-3-7-14)8-16-13(20)17-11-9(12(18)19)4-2-5-10(11)15/h2,4-5H,3,6-8H2,1H3,(H,18,19)(H2,16,17,20). The third kappa shape index (κ3) is 3.54. The smallest absolute Gasteiger partial charge is 0.337 e. The Kier molecular flexibility index (Phi) is 4.84. The van der Waals surface area contributed by atoms with Crippen molar-refractivity contribution in [2.45, 2.75) is 24.9 Å². The lowest BCUT2D eigenvalue weighted by molar-refractivity contribution is -0.0671. The number of rotatable bonds is 5. The summed E-state index contributed by atoms with van der Waals surface area (Å²) in [6.07, 6.45) is 2.92. The molecule has 21 heavy (non-hydrogen) atoms. The van der Waals surface area contributed by atoms with Crippen molar-refractivity contribution in [1.82, 2.24) is 5.32 Å². The van der Waals surface area contributed by atoms with Gasteiger partial charge in [-0.2, -0.15) is 0 Å². The molecule has 0 saturated heterocycles. The van der Waals surface area contributed by atoms with Crippen LogP contribution in [0.15, 0.2) is 22.7 Å². The molecular weight excluding hydrogens is 340 g/mol. The van der Waals surface area contributed by atoms with Gasteiger partial charge in [0.25, 0.3) is 0 Å². The summed E-state index contributed by atoms with van der Waals surface area (Å²) in [4.78, 5) is 23.1. The largest absolute Gasteiger partial charge is 0.478 e. The van der Waals surface area contributed by atoms with Gasteiger partial charge in [0.2, 0.25) is 0 Å². The number of benzene rings is 1. The number of amides is 2. The topological polar surface area (TPSA) is 87.7 Å². The maximum atomic E-state index is 12.0. The van der Waals surface area contributed by atoms with E-state index in [0.29, 0.717) is 11.0 Å². The molecule has 1 aromatic rings. The van der Waals surface area contributed by atoms with Crippen molar-refractivity contribution in [3.8, 4) is 0 Å². The number of ether oxygens (including phenoxy) is 1. The average Bonchev–Trinajstić information content (AvgIpc) is 2.40. The molecule has 2 amide bonds. The second kappa shape index (κ2) is 6.44. The van der Waals surface area contributed by atoms with Gasteiger partial charge >= 0.3 is 12.0 Å². The van der Waals surface area contributed by atoms with E-state index < -0.39 is 12.0 Å². The predicted octanol–water partition coefficient (Wildman–Crippen LogP) is 2.84. The van der Waals surface area contributed by atoms with Gasteiger partial charge < -0.3 is 20.5 Å². The molecule has 1 aromatic carbocycles. The van der Waals surface area contributed by atoms with Crippen LogP contribution >= 0.6 is 15.9 Å². The van der Waals surface area contributed by atoms with Crippen LogP contribution in [-0.2, 0) is 4.74 Å². The number of nitrogens with one attached hydrogen (secondary N) is 2. The van der Waals surface area contributed by atoms with Gasteiger partial charge in [0, 0.05) is 18.1 Å². The van der Waals surface area contributed by atoms with Crippen LogP contribution in [0.2, 0.25) is 0 Å². The second-order valence-electron chi connectivity index (χ2n) is 5.02. The highest BCUT2D eigenvalue weighted by Crippen LogP contribution is 2.34. The number of carboxylic acid groups (broad SMARTS) is 1. The van der Waals surface area contributed by atoms with E-state index in [-0.39, 0.29) is 16.9 Å². The van der Waals surface area contributed by atoms with Crippen molar-refractivity contribution in [3.63, 3.8) is 0 Å². The highest BCUT2D eigenvalue weighted by atomic mass is 79.9. The molecular formula is C14H17BrN2O4. The summed E-state index contributed by atoms with van der Waals surface area (Å²) in [5.41, 5.74) is -0.00634. The number of methoxy groups -OCH3 is 1. The number of aromatic carboxylic acids is 1. The highest BCUT2D eigenvalue weighted by molar-refractivity contribution is 9.10. The molecule has 1 saturated carbocycles. The first-order chi connectivity index (χ1) is 9.97. The monoisotopic (exact) mass is 356 g/mol. The Hall–Kier alpha value is -1.60. The van der Waals surface area contributed by atoms with E-state index in [0.717, 1.165) is 19.3 Å². The molecule has 114 valence electrons. The molecule has 0 radical (unpaired) electrons. The molecule has 0 unspecified atom stereocenters. The maximum absolute atomic E-state index is 12.0. The molecule has 2 rings (SSSR count). The van der Waals surface area contributed by atoms with E-state index in [1.54, 1.807) is 19.2 Å². The Labute approximate surface area is 131 Å². The maximum Gasteiger partial charge on any atom is 0.337 e. The first-order valence-corrected chi connectivity index (χ1v) is 7.38. The summed E-state index contributed by atoms with van der Waals surface area (Å²) in [6.45, 7) is 0.405. The fourth-order valence-corrected chi connectivity index (χ4v) is 2.72. The van der Waals surface area contributed by atoms with Gasteiger partial charge in [0.15, 0.2) is 0 Å². The van der Waals surface area contributed by atoms with Crippen LogP contribution in [0, 0.1) is 0 Å². The van der Waals surface area contributed by atoms with Crippen LogP contribution in [0.25, 0.3) is 0 Å². The van der Waals surface area contributed by atoms with Crippen molar-refractivity contribution in [3.05, 3.63) is 28.2 Å². The number of hydrogen-bond acceptors (Lipinski definition) is 3. The molecule has 1 aliphatic rings. The summed E-state index contributed by atoms with van der Waals surface area (Å²) < 4.78 is 5.93. The van der Waals surface area contributed by atoms with Crippen LogP contribution in [0.3, 0.4) is 0 Å². The molecule has 0 aromatic heterocycles. The lowest BCUT2D eigenvalue weighted by atomic mass is 9.80. The van der Waals surface area contributed by atoms with Crippen molar-refractivity contribution in [2.75, 3.05) is 19.0 Å². The molecule has 0 aliphatic heterocycles. The van der Waals surface area contributed by atoms with E-state index in [1.807, 2.05) is 0 Å². The van der Waals surface area contributed by atoms with Crippen LogP contribution in [0.1, 0.15) is 29.6 Å². The number of urea groups is 1. The number of anilines is 1. The Bertz CT molecular complexity index is 552. The molecule has 1 aliphatic carbocycles. The van der Waals surface area contributed by atoms with E-state index >= 15 is 0 Å². The molecule has 7 heteroatoms. The van der Waals surface area contributed by atoms with Crippen LogP contribution in [0.5, 0.6) is 0 Å². The van der Waals surface area contributed by atoms with Gasteiger partial charge in [-0.25, -0.2) is 9.59 Å². The molecule has 0 bridgehead atoms. The number of carboxylic acids is 1. The van der Waals surface area contributed by atoms with Gasteiger partial charge in [-0.1, -0.05) is 6.07 Å². The Morgan fingerprint density at radius 1 is 1.43 bits per heavy atom. The summed E-state index contributed by atoms with van der Waals surface area (Å²) >= 11 is 3.24. The second-order valence-corrected chi connectivity index (χ2v) is 5.87. The minimum absolute atomic E-state index is 0.0321. The summed E-state index contributed by atoms with van der Waals surface area (Å²) in [5.74, 6) is -1.10. The van der Waals surface area contributed by atoms with Gasteiger partial charge in [0.05, 0.1) is 16.9 Å². The van der Waals surface area contributed by atoms with Crippen molar-refractivity contribution in [1.29, 1.82) is 0 Å². The quantitative estimate of drug-likeness (QED) is 0.756. The van der Waals surface area contributed by atoms with E-state index in [4.69, 9.17) is 9.84 Å². The molecule has 1 fully saturated rings. The van der Waals surface area contributed by atoms with E-state index in [2.05, 4.69) is 26.6 Å². The average molecular weight is 357 g/mol. The molecule has 0 spiro atoms. The highest BCUT2D eigenvalue weighted by Gasteiger charge is 2.37. The fraction of sp³-hybridized carbons (Fsp3) is 0.429. The molecule has 3 N–H and O–H groups in total. The Morgan fingerprint density at radius 2 is 2.14 bits per heavy atom. The fourth-order valence-electron chi connectivity index (χ4n) is 2.25. The zero-order chi connectivity index (χ0) is 15.5. The van der Waals surface area contributed by atoms with E-state index in [1.165, 1.54) is 6.07 Å². The number of carbonyl (C=O) groups excluding carboxylic acids is 1. The lowest BCUT2D eigenvalue weighted by Crippen LogP contribution is -2.50. The predicted molar refractivity (Wildman–Crippen MR) is 81.7 cm³/mol. The summed E-state index contributed by atoms with van der Waals surface area (Å²) in [6, 6.07) is 4.26. The van der Waals surface area contributed by atoms with Gasteiger partial charge in [0.1, 0.15) is 0 Å². The van der Waals surface area contributed by atoms with Crippen molar-refractivity contribution in [2.24, 2.45) is 0 Å². The number of halogens is 1. The Morgan fingerprint density at radius 3 is 2.67 bits per heavy atom. The van der Waals surface area contributed by atoms with Crippen LogP contribution in [0.4, 0.5) is 10.5 Å². The third-order valence-electron chi connectivity index (χ3n) is 3.75. The number of carbonyl (C=O) groups is 2. The SMILES string of the molecule is COC1(CNC(=O)Nc2c(Br)cccc2C(=O)O)CCC1. The van der Waals surface area contributed by atoms with Crippen molar-refractivity contribution < 1.29 is 19.4 Å². The van der Waals surface area contributed by atoms with Crippen LogP contribution < -0.4 is 10.6 Å². The molecule has 0 heterocycles. The normalized spacial score (nSPS) is 15.9. The van der Waals surface area contributed by atoms with Crippen molar-refractivity contribution >= 4 is 33.6 Å². The van der Waals surface area contributed by atoms with Crippen LogP contribution in [-0.4, -0.2) is 36.4 Å². The zero-order valence-corrected chi connectivity index (χ0v) is 13.2. The van der Waals surface area contributed by atoms with Gasteiger partial charge in [-0.15, -0.1) is 0 Å². The zero-order valence-electron chi connectivity index (χ0n) is 11.6. The first-order valence-electron chi connectivity index (χ1n) is 6.59. The van der Waals surface area contributed by atoms with Gasteiger partial charge in [-0.05, 0) is 47.3 Å². The number of hydrogen-bond donors (Lipinski definition) is 3. The minimum atomic E-state index is -1.10. The molecule has 0 atom stereocenters. The summed E-state index contributed by atoms with van der Waals surface area (Å²) in [5, 5.41) is 14.4. The van der Waals surface area contributed by atoms with E-state index in [9.17, 15) is 9.59 Å². The first kappa shape index (κ1) is 15.8.